The van der Waals surface area contributed by atoms with Crippen molar-refractivity contribution in [2.75, 3.05) is 45.9 Å². The van der Waals surface area contributed by atoms with Gasteiger partial charge in [-0.25, -0.2) is 0 Å². The molecular weight excluding hydrogens is 471 g/mol. The normalized spacial score (nSPS) is 15.3. The zero-order valence-corrected chi connectivity index (χ0v) is 21.9. The highest BCUT2D eigenvalue weighted by atomic mass is 35.5. The number of hydrogen-bond donors (Lipinski definition) is 2. The molecule has 0 atom stereocenters. The fourth-order valence-corrected chi connectivity index (χ4v) is 4.31. The molecule has 1 aliphatic heterocycles. The molecule has 186 valence electrons. The maximum absolute atomic E-state index is 12.1. The van der Waals surface area contributed by atoms with E-state index < -0.39 is 0 Å². The van der Waals surface area contributed by atoms with Gasteiger partial charge in [0, 0.05) is 73.5 Å². The van der Waals surface area contributed by atoms with Gasteiger partial charge in [-0.3, -0.25) is 14.6 Å². The van der Waals surface area contributed by atoms with Crippen molar-refractivity contribution in [2.45, 2.75) is 39.4 Å². The van der Waals surface area contributed by atoms with Crippen LogP contribution in [0.4, 0.5) is 0 Å². The monoisotopic (exact) mass is 506 g/mol. The van der Waals surface area contributed by atoms with Crippen LogP contribution in [0.5, 0.6) is 5.75 Å². The van der Waals surface area contributed by atoms with Crippen LogP contribution in [0.25, 0.3) is 0 Å². The molecule has 3 rings (SSSR count). The number of halogens is 2. The molecule has 0 aliphatic carbocycles. The minimum atomic E-state index is -0.292. The van der Waals surface area contributed by atoms with Crippen LogP contribution in [0, 0.1) is 0 Å². The average Bonchev–Trinajstić information content (AvgIpc) is 2.76. The summed E-state index contributed by atoms with van der Waals surface area (Å²) in [6.45, 7) is 13.5. The predicted octanol–water partition coefficient (Wildman–Crippen LogP) is 4.19. The molecule has 1 heterocycles. The number of piperazine rings is 1. The second-order valence-electron chi connectivity index (χ2n) is 9.76. The highest BCUT2D eigenvalue weighted by Gasteiger charge is 2.17. The highest BCUT2D eigenvalue weighted by molar-refractivity contribution is 6.31. The third-order valence-electron chi connectivity index (χ3n) is 5.58. The molecule has 0 radical (unpaired) electrons. The predicted molar refractivity (Wildman–Crippen MR) is 140 cm³/mol. The lowest BCUT2D eigenvalue weighted by molar-refractivity contribution is -0.124. The summed E-state index contributed by atoms with van der Waals surface area (Å²) in [4.78, 5) is 17.1. The van der Waals surface area contributed by atoms with Crippen molar-refractivity contribution in [2.24, 2.45) is 0 Å². The van der Waals surface area contributed by atoms with Gasteiger partial charge in [0.2, 0.25) is 0 Å². The first-order chi connectivity index (χ1) is 16.2. The molecule has 0 saturated carbocycles. The van der Waals surface area contributed by atoms with Crippen molar-refractivity contribution in [3.63, 3.8) is 0 Å². The topological polar surface area (TPSA) is 56.8 Å². The minimum Gasteiger partial charge on any atom is -0.483 e. The quantitative estimate of drug-likeness (QED) is 0.473. The lowest BCUT2D eigenvalue weighted by atomic mass is 10.1. The smallest absolute Gasteiger partial charge is 0.258 e. The van der Waals surface area contributed by atoms with E-state index in [2.05, 4.69) is 26.5 Å². The standard InChI is InChI=1S/C26H36Cl2N4O2/c1-26(2,3)30-25(33)19-34-24-16-23(28)8-7-21(24)17-29-9-10-31-11-13-32(14-12-31)18-20-5-4-6-22(27)15-20/h4-8,15-16,29H,9-14,17-19H2,1-3H3,(H,30,33). The van der Waals surface area contributed by atoms with Gasteiger partial charge in [-0.05, 0) is 50.6 Å². The Bertz CT molecular complexity index is 941. The van der Waals surface area contributed by atoms with E-state index in [0.29, 0.717) is 17.3 Å². The maximum atomic E-state index is 12.1. The van der Waals surface area contributed by atoms with Crippen LogP contribution in [-0.4, -0.2) is 67.1 Å². The Morgan fingerprint density at radius 2 is 1.71 bits per heavy atom. The molecule has 6 nitrogen and oxygen atoms in total. The van der Waals surface area contributed by atoms with Crippen LogP contribution in [0.15, 0.2) is 42.5 Å². The lowest BCUT2D eigenvalue weighted by Crippen LogP contribution is -2.47. The minimum absolute atomic E-state index is 0.0376. The van der Waals surface area contributed by atoms with Crippen molar-refractivity contribution < 1.29 is 9.53 Å². The Hall–Kier alpha value is -1.83. The van der Waals surface area contributed by atoms with Gasteiger partial charge in [-0.2, -0.15) is 0 Å². The number of carbonyl (C=O) groups excluding carboxylic acids is 1. The van der Waals surface area contributed by atoms with Gasteiger partial charge in [-0.15, -0.1) is 0 Å². The summed E-state index contributed by atoms with van der Waals surface area (Å²) in [6.07, 6.45) is 0. The van der Waals surface area contributed by atoms with Crippen molar-refractivity contribution >= 4 is 29.1 Å². The van der Waals surface area contributed by atoms with Gasteiger partial charge >= 0.3 is 0 Å². The van der Waals surface area contributed by atoms with E-state index in [1.54, 1.807) is 6.07 Å². The number of nitrogens with one attached hydrogen (secondary N) is 2. The zero-order valence-electron chi connectivity index (χ0n) is 20.4. The van der Waals surface area contributed by atoms with E-state index in [1.165, 1.54) is 5.56 Å². The Morgan fingerprint density at radius 3 is 2.41 bits per heavy atom. The summed E-state index contributed by atoms with van der Waals surface area (Å²) in [5.41, 5.74) is 1.96. The van der Waals surface area contributed by atoms with E-state index in [4.69, 9.17) is 27.9 Å². The SMILES string of the molecule is CC(C)(C)NC(=O)COc1cc(Cl)ccc1CNCCN1CCN(Cc2cccc(Cl)c2)CC1. The maximum Gasteiger partial charge on any atom is 0.258 e. The summed E-state index contributed by atoms with van der Waals surface area (Å²) < 4.78 is 5.78. The third-order valence-corrected chi connectivity index (χ3v) is 6.05. The number of rotatable bonds is 10. The average molecular weight is 508 g/mol. The number of benzene rings is 2. The number of amides is 1. The molecule has 1 aliphatic rings. The summed E-state index contributed by atoms with van der Waals surface area (Å²) in [5, 5.41) is 7.79. The van der Waals surface area contributed by atoms with E-state index in [9.17, 15) is 4.79 Å². The Labute approximate surface area is 213 Å². The molecule has 0 bridgehead atoms. The summed E-state index contributed by atoms with van der Waals surface area (Å²) >= 11 is 12.3. The summed E-state index contributed by atoms with van der Waals surface area (Å²) in [6, 6.07) is 13.7. The van der Waals surface area contributed by atoms with Crippen LogP contribution in [0.3, 0.4) is 0 Å². The van der Waals surface area contributed by atoms with Crippen molar-refractivity contribution in [3.05, 3.63) is 63.6 Å². The van der Waals surface area contributed by atoms with Crippen LogP contribution < -0.4 is 15.4 Å². The molecule has 2 N–H and O–H groups in total. The number of hydrogen-bond acceptors (Lipinski definition) is 5. The largest absolute Gasteiger partial charge is 0.483 e. The molecule has 0 unspecified atom stereocenters. The highest BCUT2D eigenvalue weighted by Crippen LogP contribution is 2.23. The molecule has 1 saturated heterocycles. The number of carbonyl (C=O) groups is 1. The summed E-state index contributed by atoms with van der Waals surface area (Å²) in [7, 11) is 0. The molecule has 34 heavy (non-hydrogen) atoms. The van der Waals surface area contributed by atoms with E-state index >= 15 is 0 Å². The second kappa shape index (κ2) is 12.8. The Morgan fingerprint density at radius 1 is 1.00 bits per heavy atom. The Kier molecular flexibility index (Phi) is 10.0. The summed E-state index contributed by atoms with van der Waals surface area (Å²) in [5.74, 6) is 0.486. The van der Waals surface area contributed by atoms with Crippen molar-refractivity contribution in [1.82, 2.24) is 20.4 Å². The molecule has 1 fully saturated rings. The van der Waals surface area contributed by atoms with Gasteiger partial charge in [0.05, 0.1) is 0 Å². The fraction of sp³-hybridized carbons (Fsp3) is 0.500. The molecule has 0 aromatic heterocycles. The van der Waals surface area contributed by atoms with Gasteiger partial charge in [0.1, 0.15) is 5.75 Å². The van der Waals surface area contributed by atoms with Crippen molar-refractivity contribution in [3.8, 4) is 5.75 Å². The molecule has 2 aromatic carbocycles. The molecule has 2 aromatic rings. The van der Waals surface area contributed by atoms with E-state index in [1.807, 2.05) is 51.1 Å². The van der Waals surface area contributed by atoms with Crippen LogP contribution >= 0.6 is 23.2 Å². The second-order valence-corrected chi connectivity index (χ2v) is 10.6. The van der Waals surface area contributed by atoms with E-state index in [-0.39, 0.29) is 18.1 Å². The first kappa shape index (κ1) is 26.8. The lowest BCUT2D eigenvalue weighted by Gasteiger charge is -2.34. The fourth-order valence-electron chi connectivity index (χ4n) is 3.93. The zero-order chi connectivity index (χ0) is 24.6. The van der Waals surface area contributed by atoms with Crippen LogP contribution in [0.2, 0.25) is 10.0 Å². The number of ether oxygens (including phenoxy) is 1. The first-order valence-electron chi connectivity index (χ1n) is 11.8. The van der Waals surface area contributed by atoms with Gasteiger partial charge < -0.3 is 15.4 Å². The Balaban J connectivity index is 1.38. The third kappa shape index (κ3) is 9.43. The first-order valence-corrected chi connectivity index (χ1v) is 12.6. The van der Waals surface area contributed by atoms with Crippen LogP contribution in [-0.2, 0) is 17.9 Å². The molecule has 8 heteroatoms. The number of nitrogens with zero attached hydrogens (tertiary/aromatic N) is 2. The van der Waals surface area contributed by atoms with Gasteiger partial charge in [0.15, 0.2) is 6.61 Å². The van der Waals surface area contributed by atoms with Gasteiger partial charge in [-0.1, -0.05) is 41.4 Å². The molecular formula is C26H36Cl2N4O2. The molecule has 0 spiro atoms. The van der Waals surface area contributed by atoms with Crippen LogP contribution in [0.1, 0.15) is 31.9 Å². The van der Waals surface area contributed by atoms with Gasteiger partial charge in [0.25, 0.3) is 5.91 Å². The van der Waals surface area contributed by atoms with E-state index in [0.717, 1.165) is 56.4 Å². The van der Waals surface area contributed by atoms with Crippen molar-refractivity contribution in [1.29, 1.82) is 0 Å². The molecule has 1 amide bonds.